The number of pyridine rings is 1. The molecule has 0 aromatic carbocycles. The van der Waals surface area contributed by atoms with Crippen molar-refractivity contribution in [2.45, 2.75) is 43.6 Å². The topological polar surface area (TPSA) is 128 Å². The first kappa shape index (κ1) is 22.9. The minimum Gasteiger partial charge on any atom is -0.389 e. The lowest BCUT2D eigenvalue weighted by molar-refractivity contribution is -0.0375. The number of carbonyl (C=O) groups excluding carboxylic acids is 1. The number of aliphatic hydroxyl groups is 1. The number of carbonyl (C=O) groups is 1. The summed E-state index contributed by atoms with van der Waals surface area (Å²) in [5.41, 5.74) is 3.17. The van der Waals surface area contributed by atoms with E-state index in [0.29, 0.717) is 42.4 Å². The van der Waals surface area contributed by atoms with Crippen LogP contribution in [0.3, 0.4) is 0 Å². The fraction of sp³-hybridized carbons (Fsp3) is 0.440. The lowest BCUT2D eigenvalue weighted by Gasteiger charge is -2.35. The Labute approximate surface area is 207 Å². The summed E-state index contributed by atoms with van der Waals surface area (Å²) in [4.78, 5) is 22.7. The molecule has 0 spiro atoms. The molecule has 11 nitrogen and oxygen atoms in total. The summed E-state index contributed by atoms with van der Waals surface area (Å²) in [5.74, 6) is 0.473. The average Bonchev–Trinajstić information content (AvgIpc) is 3.49. The van der Waals surface area contributed by atoms with Crippen molar-refractivity contribution in [3.63, 3.8) is 0 Å². The molecule has 4 aromatic rings. The summed E-state index contributed by atoms with van der Waals surface area (Å²) in [6.07, 6.45) is 7.19. The normalized spacial score (nSPS) is 24.1. The molecular weight excluding hydrogens is 462 g/mol. The van der Waals surface area contributed by atoms with Crippen molar-refractivity contribution < 1.29 is 19.4 Å². The van der Waals surface area contributed by atoms with Gasteiger partial charge in [-0.2, -0.15) is 9.61 Å². The van der Waals surface area contributed by atoms with Crippen LogP contribution in [0.15, 0.2) is 36.8 Å². The van der Waals surface area contributed by atoms with Gasteiger partial charge in [-0.15, -0.1) is 0 Å². The molecule has 1 aliphatic heterocycles. The van der Waals surface area contributed by atoms with Crippen molar-refractivity contribution in [3.05, 3.63) is 42.4 Å². The van der Waals surface area contributed by atoms with E-state index in [9.17, 15) is 9.90 Å². The monoisotopic (exact) mass is 491 g/mol. The summed E-state index contributed by atoms with van der Waals surface area (Å²) < 4.78 is 14.5. The maximum absolute atomic E-state index is 13.2. The van der Waals surface area contributed by atoms with Crippen LogP contribution >= 0.6 is 0 Å². The molecule has 6 rings (SSSR count). The highest BCUT2D eigenvalue weighted by Gasteiger charge is 2.33. The number of nitrogens with zero attached hydrogens (tertiary/aromatic N) is 5. The number of ether oxygens (including phenoxy) is 2. The number of anilines is 1. The van der Waals surface area contributed by atoms with Gasteiger partial charge in [0.1, 0.15) is 17.0 Å². The van der Waals surface area contributed by atoms with Crippen molar-refractivity contribution >= 4 is 28.4 Å². The molecule has 11 heteroatoms. The van der Waals surface area contributed by atoms with Crippen LogP contribution in [0.25, 0.3) is 27.9 Å². The van der Waals surface area contributed by atoms with Crippen LogP contribution < -0.4 is 10.6 Å². The Bertz CT molecular complexity index is 1430. The van der Waals surface area contributed by atoms with Gasteiger partial charge in [-0.25, -0.2) is 9.97 Å². The van der Waals surface area contributed by atoms with Crippen molar-refractivity contribution in [3.8, 4) is 11.3 Å². The molecular formula is C25H29N7O4. The molecule has 0 unspecified atom stereocenters. The van der Waals surface area contributed by atoms with Gasteiger partial charge < -0.3 is 29.8 Å². The van der Waals surface area contributed by atoms with Gasteiger partial charge in [-0.05, 0) is 31.4 Å². The molecule has 0 bridgehead atoms. The maximum Gasteiger partial charge on any atom is 0.257 e. The first-order valence-electron chi connectivity index (χ1n) is 12.2. The molecule has 2 fully saturated rings. The maximum atomic E-state index is 13.2. The molecule has 5 heterocycles. The number of rotatable bonds is 6. The van der Waals surface area contributed by atoms with Crippen LogP contribution in [0.5, 0.6) is 0 Å². The summed E-state index contributed by atoms with van der Waals surface area (Å²) in [6.45, 7) is 0.872. The fourth-order valence-electron chi connectivity index (χ4n) is 5.18. The van der Waals surface area contributed by atoms with E-state index in [-0.39, 0.29) is 24.1 Å². The van der Waals surface area contributed by atoms with Gasteiger partial charge in [0.15, 0.2) is 5.65 Å². The molecule has 4 atom stereocenters. The van der Waals surface area contributed by atoms with Crippen molar-refractivity contribution in [1.82, 2.24) is 29.5 Å². The zero-order valence-electron chi connectivity index (χ0n) is 20.2. The Kier molecular flexibility index (Phi) is 5.82. The van der Waals surface area contributed by atoms with Crippen molar-refractivity contribution in [2.24, 2.45) is 0 Å². The van der Waals surface area contributed by atoms with E-state index in [0.717, 1.165) is 29.4 Å². The van der Waals surface area contributed by atoms with Gasteiger partial charge in [0.05, 0.1) is 42.8 Å². The van der Waals surface area contributed by atoms with Gasteiger partial charge >= 0.3 is 0 Å². The molecule has 1 saturated heterocycles. The highest BCUT2D eigenvalue weighted by Crippen LogP contribution is 2.35. The van der Waals surface area contributed by atoms with E-state index in [4.69, 9.17) is 14.5 Å². The largest absolute Gasteiger partial charge is 0.389 e. The molecule has 1 aliphatic carbocycles. The standard InChI is InChI=1S/C25H29N7O4/c1-26-22-10-18(29-24-15(11-28-32(22)24)25(34)30-17-5-6-21(17)35-2)16-12-31(19-7-9-36-13-20(19)33)23-14(16)4-3-8-27-23/h3-4,8,10-12,17,19-21,26,33H,5-7,9,13H2,1-2H3,(H,30,34)/t17-,19+,20+,21-/m0/s1. The first-order chi connectivity index (χ1) is 17.6. The van der Waals surface area contributed by atoms with Crippen molar-refractivity contribution in [2.75, 3.05) is 32.7 Å². The van der Waals surface area contributed by atoms with Crippen LogP contribution in [-0.2, 0) is 9.47 Å². The van der Waals surface area contributed by atoms with Gasteiger partial charge in [0.25, 0.3) is 5.91 Å². The van der Waals surface area contributed by atoms with Crippen molar-refractivity contribution in [1.29, 1.82) is 0 Å². The van der Waals surface area contributed by atoms with Crippen LogP contribution in [-0.4, -0.2) is 80.8 Å². The number of fused-ring (bicyclic) bond motifs is 2. The van der Waals surface area contributed by atoms with E-state index in [1.54, 1.807) is 31.1 Å². The Morgan fingerprint density at radius 1 is 1.28 bits per heavy atom. The first-order valence-corrected chi connectivity index (χ1v) is 12.2. The molecule has 1 saturated carbocycles. The molecule has 188 valence electrons. The number of hydrogen-bond acceptors (Lipinski definition) is 8. The average molecular weight is 492 g/mol. The molecule has 0 radical (unpaired) electrons. The number of amides is 1. The van der Waals surface area contributed by atoms with Crippen LogP contribution in [0.4, 0.5) is 5.82 Å². The summed E-state index contributed by atoms with van der Waals surface area (Å²) in [5, 5.41) is 22.2. The van der Waals surface area contributed by atoms with Crippen LogP contribution in [0.1, 0.15) is 35.7 Å². The number of aliphatic hydroxyl groups excluding tert-OH is 1. The zero-order valence-corrected chi connectivity index (χ0v) is 20.2. The van der Waals surface area contributed by atoms with Crippen LogP contribution in [0, 0.1) is 0 Å². The number of aromatic nitrogens is 5. The lowest BCUT2D eigenvalue weighted by atomic mass is 9.89. The minimum absolute atomic E-state index is 0.0145. The number of hydrogen-bond donors (Lipinski definition) is 3. The number of nitrogens with one attached hydrogen (secondary N) is 2. The Balaban J connectivity index is 1.45. The third-order valence-electron chi connectivity index (χ3n) is 7.32. The fourth-order valence-corrected chi connectivity index (χ4v) is 5.18. The highest BCUT2D eigenvalue weighted by atomic mass is 16.5. The third-order valence-corrected chi connectivity index (χ3v) is 7.32. The molecule has 36 heavy (non-hydrogen) atoms. The second-order valence-corrected chi connectivity index (χ2v) is 9.32. The van der Waals surface area contributed by atoms with E-state index in [2.05, 4.69) is 20.7 Å². The Morgan fingerprint density at radius 2 is 2.17 bits per heavy atom. The predicted octanol–water partition coefficient (Wildman–Crippen LogP) is 2.02. The SMILES string of the molecule is CNc1cc(-c2cn([C@@H]3CCOC[C@H]3O)c3ncccc23)nc2c(C(=O)N[C@H]3CC[C@@H]3OC)cnn12. The van der Waals surface area contributed by atoms with E-state index in [1.807, 2.05) is 29.0 Å². The molecule has 3 N–H and O–H groups in total. The van der Waals surface area contributed by atoms with Gasteiger partial charge in [-0.1, -0.05) is 0 Å². The third kappa shape index (κ3) is 3.71. The summed E-state index contributed by atoms with van der Waals surface area (Å²) in [6, 6.07) is 5.62. The summed E-state index contributed by atoms with van der Waals surface area (Å²) in [7, 11) is 3.47. The molecule has 2 aliphatic rings. The van der Waals surface area contributed by atoms with E-state index < -0.39 is 6.10 Å². The second-order valence-electron chi connectivity index (χ2n) is 9.32. The Hall–Kier alpha value is -3.54. The van der Waals surface area contributed by atoms with Crippen LogP contribution in [0.2, 0.25) is 0 Å². The molecule has 1 amide bonds. The minimum atomic E-state index is -0.625. The summed E-state index contributed by atoms with van der Waals surface area (Å²) >= 11 is 0. The van der Waals surface area contributed by atoms with E-state index in [1.165, 1.54) is 0 Å². The zero-order chi connectivity index (χ0) is 24.8. The highest BCUT2D eigenvalue weighted by molar-refractivity contribution is 6.01. The molecule has 4 aromatic heterocycles. The van der Waals surface area contributed by atoms with Gasteiger partial charge in [0.2, 0.25) is 0 Å². The van der Waals surface area contributed by atoms with Gasteiger partial charge in [-0.3, -0.25) is 4.79 Å². The smallest absolute Gasteiger partial charge is 0.257 e. The van der Waals surface area contributed by atoms with E-state index >= 15 is 0 Å². The Morgan fingerprint density at radius 3 is 2.92 bits per heavy atom. The van der Waals surface area contributed by atoms with Gasteiger partial charge in [0, 0.05) is 50.2 Å². The lowest BCUT2D eigenvalue weighted by Crippen LogP contribution is -2.51. The second kappa shape index (κ2) is 9.16. The quantitative estimate of drug-likeness (QED) is 0.374. The predicted molar refractivity (Wildman–Crippen MR) is 133 cm³/mol. The number of methoxy groups -OCH3 is 1.